The molecule has 23 heavy (non-hydrogen) atoms. The number of ether oxygens (including phenoxy) is 1. The average Bonchev–Trinajstić information content (AvgIpc) is 2.55. The van der Waals surface area contributed by atoms with Crippen molar-refractivity contribution in [3.63, 3.8) is 0 Å². The molecular formula is C17H26Cl2N2O2. The Morgan fingerprint density at radius 2 is 2.17 bits per heavy atom. The molecule has 1 aromatic rings. The van der Waals surface area contributed by atoms with Crippen LogP contribution in [0.15, 0.2) is 24.3 Å². The fourth-order valence-electron chi connectivity index (χ4n) is 2.72. The van der Waals surface area contributed by atoms with Crippen LogP contribution in [0.4, 0.5) is 0 Å². The van der Waals surface area contributed by atoms with Gasteiger partial charge in [0.05, 0.1) is 6.04 Å². The number of piperazine rings is 1. The van der Waals surface area contributed by atoms with E-state index in [-0.39, 0.29) is 31.0 Å². The zero-order valence-electron chi connectivity index (χ0n) is 13.6. The summed E-state index contributed by atoms with van der Waals surface area (Å²) in [7, 11) is 0. The van der Waals surface area contributed by atoms with Gasteiger partial charge in [0.15, 0.2) is 0 Å². The van der Waals surface area contributed by atoms with Crippen LogP contribution in [0.25, 0.3) is 0 Å². The van der Waals surface area contributed by atoms with E-state index in [2.05, 4.69) is 12.2 Å². The lowest BCUT2D eigenvalue weighted by Gasteiger charge is -2.37. The molecule has 1 unspecified atom stereocenters. The lowest BCUT2D eigenvalue weighted by Crippen LogP contribution is -2.49. The summed E-state index contributed by atoms with van der Waals surface area (Å²) in [6.45, 7) is 5.19. The molecule has 4 nitrogen and oxygen atoms in total. The summed E-state index contributed by atoms with van der Waals surface area (Å²) in [5, 5.41) is 4.04. The number of rotatable bonds is 7. The van der Waals surface area contributed by atoms with Crippen LogP contribution in [-0.4, -0.2) is 43.7 Å². The minimum absolute atomic E-state index is 0. The number of carbonyl (C=O) groups excluding carboxylic acids is 1. The highest BCUT2D eigenvalue weighted by molar-refractivity contribution is 6.31. The number of carbonyl (C=O) groups is 1. The van der Waals surface area contributed by atoms with E-state index >= 15 is 0 Å². The molecule has 1 atom stereocenters. The van der Waals surface area contributed by atoms with E-state index in [1.54, 1.807) is 0 Å². The summed E-state index contributed by atoms with van der Waals surface area (Å²) in [4.78, 5) is 14.3. The van der Waals surface area contributed by atoms with Gasteiger partial charge in [-0.15, -0.1) is 12.4 Å². The van der Waals surface area contributed by atoms with Crippen molar-refractivity contribution in [1.82, 2.24) is 10.2 Å². The first-order chi connectivity index (χ1) is 10.7. The fourth-order valence-corrected chi connectivity index (χ4v) is 2.98. The predicted octanol–water partition coefficient (Wildman–Crippen LogP) is 3.44. The Labute approximate surface area is 149 Å². The first-order valence-corrected chi connectivity index (χ1v) is 8.44. The van der Waals surface area contributed by atoms with Crippen LogP contribution in [0.3, 0.4) is 0 Å². The molecule has 0 bridgehead atoms. The van der Waals surface area contributed by atoms with Gasteiger partial charge in [0.1, 0.15) is 6.61 Å². The van der Waals surface area contributed by atoms with Crippen LogP contribution >= 0.6 is 24.0 Å². The van der Waals surface area contributed by atoms with Crippen molar-refractivity contribution in [3.8, 4) is 0 Å². The molecule has 1 aliphatic rings. The number of halogens is 2. The SMILES string of the molecule is CCCCCOCC(=O)N1CCNCC1c1ccccc1Cl.Cl. The molecule has 1 heterocycles. The van der Waals surface area contributed by atoms with E-state index in [9.17, 15) is 4.79 Å². The quantitative estimate of drug-likeness (QED) is 0.757. The molecule has 0 aromatic heterocycles. The van der Waals surface area contributed by atoms with Crippen molar-refractivity contribution in [2.45, 2.75) is 32.2 Å². The van der Waals surface area contributed by atoms with E-state index in [1.807, 2.05) is 29.2 Å². The van der Waals surface area contributed by atoms with Gasteiger partial charge in [0.25, 0.3) is 0 Å². The Morgan fingerprint density at radius 3 is 2.91 bits per heavy atom. The standard InChI is InChI=1S/C17H25ClN2O2.ClH/c1-2-3-6-11-22-13-17(21)20-10-9-19-12-16(20)14-7-4-5-8-15(14)18;/h4-5,7-8,16,19H,2-3,6,9-13H2,1H3;1H. The number of nitrogens with zero attached hydrogens (tertiary/aromatic N) is 1. The molecule has 6 heteroatoms. The zero-order valence-corrected chi connectivity index (χ0v) is 15.2. The van der Waals surface area contributed by atoms with Gasteiger partial charge >= 0.3 is 0 Å². The predicted molar refractivity (Wildman–Crippen MR) is 96.4 cm³/mol. The zero-order chi connectivity index (χ0) is 15.8. The van der Waals surface area contributed by atoms with Gasteiger partial charge in [-0.25, -0.2) is 0 Å². The third kappa shape index (κ3) is 5.96. The van der Waals surface area contributed by atoms with Crippen LogP contribution < -0.4 is 5.32 Å². The number of hydrogen-bond donors (Lipinski definition) is 1. The lowest BCUT2D eigenvalue weighted by atomic mass is 10.0. The highest BCUT2D eigenvalue weighted by Crippen LogP contribution is 2.28. The molecule has 1 aromatic carbocycles. The molecule has 0 spiro atoms. The third-order valence-electron chi connectivity index (χ3n) is 3.95. The topological polar surface area (TPSA) is 41.6 Å². The number of benzene rings is 1. The fraction of sp³-hybridized carbons (Fsp3) is 0.588. The van der Waals surface area contributed by atoms with Crippen molar-refractivity contribution in [2.75, 3.05) is 32.8 Å². The van der Waals surface area contributed by atoms with Crippen LogP contribution in [-0.2, 0) is 9.53 Å². The van der Waals surface area contributed by atoms with E-state index in [4.69, 9.17) is 16.3 Å². The normalized spacial score (nSPS) is 17.7. The molecule has 1 saturated heterocycles. The van der Waals surface area contributed by atoms with Gasteiger partial charge in [0.2, 0.25) is 5.91 Å². The van der Waals surface area contributed by atoms with Crippen molar-refractivity contribution in [2.24, 2.45) is 0 Å². The number of unbranched alkanes of at least 4 members (excludes halogenated alkanes) is 2. The largest absolute Gasteiger partial charge is 0.372 e. The first kappa shape index (κ1) is 20.2. The summed E-state index contributed by atoms with van der Waals surface area (Å²) < 4.78 is 5.52. The number of amides is 1. The number of hydrogen-bond acceptors (Lipinski definition) is 3. The van der Waals surface area contributed by atoms with E-state index in [1.165, 1.54) is 0 Å². The van der Waals surface area contributed by atoms with Gasteiger partial charge in [-0.2, -0.15) is 0 Å². The highest BCUT2D eigenvalue weighted by Gasteiger charge is 2.28. The maximum absolute atomic E-state index is 12.5. The molecule has 1 aliphatic heterocycles. The van der Waals surface area contributed by atoms with Gasteiger partial charge in [-0.3, -0.25) is 4.79 Å². The average molecular weight is 361 g/mol. The summed E-state index contributed by atoms with van der Waals surface area (Å²) in [5.74, 6) is 0.0444. The second kappa shape index (κ2) is 10.9. The van der Waals surface area contributed by atoms with Gasteiger partial charge < -0.3 is 15.0 Å². The smallest absolute Gasteiger partial charge is 0.249 e. The van der Waals surface area contributed by atoms with Crippen molar-refractivity contribution >= 4 is 29.9 Å². The maximum atomic E-state index is 12.5. The molecule has 1 fully saturated rings. The van der Waals surface area contributed by atoms with E-state index in [0.29, 0.717) is 18.2 Å². The molecule has 0 radical (unpaired) electrons. The summed E-state index contributed by atoms with van der Waals surface area (Å²) in [6, 6.07) is 7.71. The molecule has 2 rings (SSSR count). The van der Waals surface area contributed by atoms with Crippen LogP contribution in [0.1, 0.15) is 37.8 Å². The Kier molecular flexibility index (Phi) is 9.56. The third-order valence-corrected chi connectivity index (χ3v) is 4.29. The highest BCUT2D eigenvalue weighted by atomic mass is 35.5. The van der Waals surface area contributed by atoms with Crippen molar-refractivity contribution < 1.29 is 9.53 Å². The molecule has 1 amide bonds. The summed E-state index contributed by atoms with van der Waals surface area (Å²) in [6.07, 6.45) is 3.31. The van der Waals surface area contributed by atoms with E-state index in [0.717, 1.165) is 37.9 Å². The molecule has 0 aliphatic carbocycles. The van der Waals surface area contributed by atoms with Crippen LogP contribution in [0, 0.1) is 0 Å². The minimum atomic E-state index is -0.0193. The molecule has 0 saturated carbocycles. The summed E-state index contributed by atoms with van der Waals surface area (Å²) >= 11 is 6.29. The Hall–Kier alpha value is -0.810. The van der Waals surface area contributed by atoms with E-state index < -0.39 is 0 Å². The summed E-state index contributed by atoms with van der Waals surface area (Å²) in [5.41, 5.74) is 0.996. The van der Waals surface area contributed by atoms with Crippen LogP contribution in [0.5, 0.6) is 0 Å². The van der Waals surface area contributed by atoms with Crippen LogP contribution in [0.2, 0.25) is 5.02 Å². The van der Waals surface area contributed by atoms with Gasteiger partial charge in [-0.1, -0.05) is 49.6 Å². The molecule has 130 valence electrons. The lowest BCUT2D eigenvalue weighted by molar-refractivity contribution is -0.139. The second-order valence-electron chi connectivity index (χ2n) is 5.59. The first-order valence-electron chi connectivity index (χ1n) is 8.06. The Morgan fingerprint density at radius 1 is 1.39 bits per heavy atom. The molecule has 1 N–H and O–H groups in total. The Balaban J connectivity index is 0.00000264. The second-order valence-corrected chi connectivity index (χ2v) is 6.00. The van der Waals surface area contributed by atoms with Gasteiger partial charge in [-0.05, 0) is 18.1 Å². The monoisotopic (exact) mass is 360 g/mol. The maximum Gasteiger partial charge on any atom is 0.249 e. The van der Waals surface area contributed by atoms with Crippen molar-refractivity contribution in [3.05, 3.63) is 34.9 Å². The molecular weight excluding hydrogens is 335 g/mol. The minimum Gasteiger partial charge on any atom is -0.372 e. The number of nitrogens with one attached hydrogen (secondary N) is 1. The van der Waals surface area contributed by atoms with Crippen molar-refractivity contribution in [1.29, 1.82) is 0 Å². The Bertz CT molecular complexity index is 485. The van der Waals surface area contributed by atoms with Gasteiger partial charge in [0, 0.05) is 31.3 Å².